The predicted molar refractivity (Wildman–Crippen MR) is 47.2 cm³/mol. The second-order valence-electron chi connectivity index (χ2n) is 2.84. The molecular weight excluding hydrogens is 247 g/mol. The van der Waals surface area contributed by atoms with Gasteiger partial charge in [0.1, 0.15) is 0 Å². The van der Waals surface area contributed by atoms with Crippen molar-refractivity contribution in [3.05, 3.63) is 47.7 Å². The molecule has 1 aromatic carbocycles. The maximum absolute atomic E-state index is 12.0. The van der Waals surface area contributed by atoms with E-state index >= 15 is 0 Å². The molecule has 0 aromatic heterocycles. The van der Waals surface area contributed by atoms with E-state index in [1.165, 1.54) is 18.2 Å². The Morgan fingerprint density at radius 2 is 1.59 bits per heavy atom. The van der Waals surface area contributed by atoms with Crippen molar-refractivity contribution in [2.75, 3.05) is 0 Å². The fraction of sp³-hybridized carbons (Fsp3) is 0.100. The molecule has 0 spiro atoms. The van der Waals surface area contributed by atoms with E-state index in [4.69, 9.17) is 0 Å². The number of halogens is 5. The smallest absolute Gasteiger partial charge is 0.412 e. The highest BCUT2D eigenvalue weighted by atomic mass is 19.4. The summed E-state index contributed by atoms with van der Waals surface area (Å²) in [6.45, 7) is 0. The summed E-state index contributed by atoms with van der Waals surface area (Å²) in [6.07, 6.45) is -8.51. The van der Waals surface area contributed by atoms with Gasteiger partial charge in [-0.05, 0) is 12.1 Å². The molecule has 0 N–H and O–H groups in total. The second kappa shape index (κ2) is 4.94. The van der Waals surface area contributed by atoms with E-state index in [0.29, 0.717) is 0 Å². The van der Waals surface area contributed by atoms with E-state index < -0.39 is 24.0 Å². The molecule has 92 valence electrons. The van der Waals surface area contributed by atoms with Crippen LogP contribution in [0, 0.1) is 0 Å². The lowest BCUT2D eigenvalue weighted by Gasteiger charge is -2.10. The van der Waals surface area contributed by atoms with Gasteiger partial charge >= 0.3 is 18.2 Å². The first-order chi connectivity index (χ1) is 7.82. The van der Waals surface area contributed by atoms with E-state index in [2.05, 4.69) is 4.74 Å². The third kappa shape index (κ3) is 3.54. The Morgan fingerprint density at radius 3 is 2.00 bits per heavy atom. The molecule has 17 heavy (non-hydrogen) atoms. The molecule has 0 aliphatic rings. The van der Waals surface area contributed by atoms with Crippen molar-refractivity contribution in [3.8, 4) is 0 Å². The summed E-state index contributed by atoms with van der Waals surface area (Å²) in [6, 6.07) is 6.52. The number of hydrogen-bond donors (Lipinski definition) is 0. The van der Waals surface area contributed by atoms with Crippen molar-refractivity contribution >= 4 is 5.97 Å². The molecule has 0 saturated heterocycles. The maximum atomic E-state index is 12.0. The molecule has 0 fully saturated rings. The van der Waals surface area contributed by atoms with Crippen LogP contribution in [-0.4, -0.2) is 12.1 Å². The van der Waals surface area contributed by atoms with Crippen LogP contribution in [0.15, 0.2) is 42.2 Å². The average Bonchev–Trinajstić information content (AvgIpc) is 2.24. The first kappa shape index (κ1) is 13.1. The summed E-state index contributed by atoms with van der Waals surface area (Å²) in [5.41, 5.74) is -0.254. The van der Waals surface area contributed by atoms with Gasteiger partial charge in [-0.25, -0.2) is 4.79 Å². The first-order valence-corrected chi connectivity index (χ1v) is 4.22. The van der Waals surface area contributed by atoms with Crippen molar-refractivity contribution in [2.45, 2.75) is 6.18 Å². The molecule has 1 aromatic rings. The van der Waals surface area contributed by atoms with Gasteiger partial charge in [0.15, 0.2) is 0 Å². The van der Waals surface area contributed by atoms with Gasteiger partial charge in [-0.3, -0.25) is 0 Å². The van der Waals surface area contributed by atoms with Gasteiger partial charge in [-0.1, -0.05) is 18.2 Å². The number of allylic oxidation sites excluding steroid dienone is 1. The van der Waals surface area contributed by atoms with Crippen LogP contribution in [0.1, 0.15) is 10.4 Å². The number of alkyl halides is 3. The maximum Gasteiger partial charge on any atom is 0.455 e. The summed E-state index contributed by atoms with van der Waals surface area (Å²) in [7, 11) is 0. The number of esters is 1. The standard InChI is InChI=1S/C10H5F5O2/c11-8(12)7(10(13,14)15)17-9(16)6-4-2-1-3-5-6/h1-5H. The molecule has 0 atom stereocenters. The third-order valence-corrected chi connectivity index (χ3v) is 1.63. The fourth-order valence-corrected chi connectivity index (χ4v) is 0.929. The molecule has 0 amide bonds. The van der Waals surface area contributed by atoms with Crippen molar-refractivity contribution in [2.24, 2.45) is 0 Å². The van der Waals surface area contributed by atoms with Crippen LogP contribution in [0.2, 0.25) is 0 Å². The van der Waals surface area contributed by atoms with Gasteiger partial charge in [0, 0.05) is 0 Å². The van der Waals surface area contributed by atoms with Crippen LogP contribution in [0.4, 0.5) is 22.0 Å². The minimum absolute atomic E-state index is 0.254. The normalized spacial score (nSPS) is 10.9. The fourth-order valence-electron chi connectivity index (χ4n) is 0.929. The summed E-state index contributed by atoms with van der Waals surface area (Å²) in [5.74, 6) is -4.09. The topological polar surface area (TPSA) is 26.3 Å². The third-order valence-electron chi connectivity index (χ3n) is 1.63. The highest BCUT2D eigenvalue weighted by Crippen LogP contribution is 2.30. The summed E-state index contributed by atoms with van der Waals surface area (Å²) < 4.78 is 63.6. The number of benzene rings is 1. The molecule has 1 rings (SSSR count). The van der Waals surface area contributed by atoms with Crippen LogP contribution < -0.4 is 0 Å². The van der Waals surface area contributed by atoms with Gasteiger partial charge in [-0.2, -0.15) is 22.0 Å². The lowest BCUT2D eigenvalue weighted by molar-refractivity contribution is -0.127. The highest BCUT2D eigenvalue weighted by molar-refractivity contribution is 5.90. The zero-order valence-corrected chi connectivity index (χ0v) is 8.09. The molecule has 0 unspecified atom stereocenters. The highest BCUT2D eigenvalue weighted by Gasteiger charge is 2.42. The Labute approximate surface area is 92.3 Å². The van der Waals surface area contributed by atoms with E-state index in [9.17, 15) is 26.7 Å². The minimum atomic E-state index is -5.41. The van der Waals surface area contributed by atoms with Gasteiger partial charge < -0.3 is 4.74 Å². The molecular formula is C10H5F5O2. The lowest BCUT2D eigenvalue weighted by Crippen LogP contribution is -2.19. The second-order valence-corrected chi connectivity index (χ2v) is 2.84. The largest absolute Gasteiger partial charge is 0.455 e. The van der Waals surface area contributed by atoms with Crippen LogP contribution in [-0.2, 0) is 4.74 Å². The number of rotatable bonds is 2. The SMILES string of the molecule is O=C(OC(=C(F)F)C(F)(F)F)c1ccccc1. The Kier molecular flexibility index (Phi) is 3.82. The van der Waals surface area contributed by atoms with Crippen LogP contribution in [0.25, 0.3) is 0 Å². The first-order valence-electron chi connectivity index (χ1n) is 4.22. The average molecular weight is 252 g/mol. The van der Waals surface area contributed by atoms with E-state index in [0.717, 1.165) is 12.1 Å². The number of carbonyl (C=O) groups excluding carboxylic acids is 1. The summed E-state index contributed by atoms with van der Waals surface area (Å²) >= 11 is 0. The zero-order chi connectivity index (χ0) is 13.1. The molecule has 0 bridgehead atoms. The van der Waals surface area contributed by atoms with Crippen molar-refractivity contribution in [1.29, 1.82) is 0 Å². The van der Waals surface area contributed by atoms with Gasteiger partial charge in [0.2, 0.25) is 0 Å². The molecule has 0 aliphatic carbocycles. The lowest BCUT2D eigenvalue weighted by atomic mass is 10.2. The minimum Gasteiger partial charge on any atom is -0.412 e. The number of carbonyl (C=O) groups is 1. The summed E-state index contributed by atoms with van der Waals surface area (Å²) in [5, 5.41) is 0. The van der Waals surface area contributed by atoms with Crippen molar-refractivity contribution in [1.82, 2.24) is 0 Å². The van der Waals surface area contributed by atoms with Crippen LogP contribution >= 0.6 is 0 Å². The van der Waals surface area contributed by atoms with E-state index in [1.807, 2.05) is 0 Å². The Morgan fingerprint density at radius 1 is 1.06 bits per heavy atom. The van der Waals surface area contributed by atoms with Gasteiger partial charge in [0.05, 0.1) is 5.56 Å². The molecule has 0 radical (unpaired) electrons. The molecule has 7 heteroatoms. The quantitative estimate of drug-likeness (QED) is 0.457. The predicted octanol–water partition coefficient (Wildman–Crippen LogP) is 3.51. The zero-order valence-electron chi connectivity index (χ0n) is 8.09. The molecule has 2 nitrogen and oxygen atoms in total. The van der Waals surface area contributed by atoms with E-state index in [1.54, 1.807) is 0 Å². The molecule has 0 heterocycles. The Bertz CT molecular complexity index is 432. The molecule has 0 saturated carbocycles. The van der Waals surface area contributed by atoms with Gasteiger partial charge in [0.25, 0.3) is 5.76 Å². The van der Waals surface area contributed by atoms with Crippen molar-refractivity contribution in [3.63, 3.8) is 0 Å². The number of hydrogen-bond acceptors (Lipinski definition) is 2. The molecule has 0 aliphatic heterocycles. The van der Waals surface area contributed by atoms with Crippen LogP contribution in [0.5, 0.6) is 0 Å². The Hall–Kier alpha value is -1.92. The Balaban J connectivity index is 2.92. The van der Waals surface area contributed by atoms with Gasteiger partial charge in [-0.15, -0.1) is 0 Å². The van der Waals surface area contributed by atoms with E-state index in [-0.39, 0.29) is 5.56 Å². The van der Waals surface area contributed by atoms with Crippen molar-refractivity contribution < 1.29 is 31.5 Å². The monoisotopic (exact) mass is 252 g/mol. The number of ether oxygens (including phenoxy) is 1. The summed E-state index contributed by atoms with van der Waals surface area (Å²) in [4.78, 5) is 11.1. The van der Waals surface area contributed by atoms with Crippen LogP contribution in [0.3, 0.4) is 0 Å².